The summed E-state index contributed by atoms with van der Waals surface area (Å²) < 4.78 is 0. The molecule has 0 aliphatic heterocycles. The van der Waals surface area contributed by atoms with Crippen LogP contribution in [0.1, 0.15) is 21.1 Å². The van der Waals surface area contributed by atoms with Crippen molar-refractivity contribution in [2.75, 3.05) is 5.32 Å². The van der Waals surface area contributed by atoms with Gasteiger partial charge in [-0.2, -0.15) is 0 Å². The number of hydrogen-bond acceptors (Lipinski definition) is 5. The average molecular weight is 249 g/mol. The lowest BCUT2D eigenvalue weighted by atomic mass is 10.2. The number of pyridine rings is 1. The van der Waals surface area contributed by atoms with E-state index in [1.165, 1.54) is 11.3 Å². The molecule has 0 saturated heterocycles. The highest BCUT2D eigenvalue weighted by molar-refractivity contribution is 7.09. The van der Waals surface area contributed by atoms with E-state index >= 15 is 0 Å². The van der Waals surface area contributed by atoms with Gasteiger partial charge in [-0.3, -0.25) is 0 Å². The van der Waals surface area contributed by atoms with Crippen LogP contribution in [0.15, 0.2) is 23.7 Å². The fraction of sp³-hybridized carbons (Fsp3) is 0.182. The third kappa shape index (κ3) is 2.79. The van der Waals surface area contributed by atoms with E-state index in [0.717, 1.165) is 10.7 Å². The Morgan fingerprint density at radius 1 is 1.53 bits per heavy atom. The van der Waals surface area contributed by atoms with Gasteiger partial charge in [-0.05, 0) is 19.1 Å². The largest absolute Gasteiger partial charge is 0.478 e. The van der Waals surface area contributed by atoms with Crippen molar-refractivity contribution in [1.82, 2.24) is 9.97 Å². The van der Waals surface area contributed by atoms with Gasteiger partial charge in [-0.1, -0.05) is 0 Å². The minimum atomic E-state index is -0.987. The smallest absolute Gasteiger partial charge is 0.339 e. The van der Waals surface area contributed by atoms with E-state index in [9.17, 15) is 4.79 Å². The number of hydrogen-bond donors (Lipinski definition) is 2. The number of carboxylic acids is 1. The third-order valence-electron chi connectivity index (χ3n) is 2.16. The number of thiazole rings is 1. The number of aromatic carboxylic acids is 1. The zero-order chi connectivity index (χ0) is 12.3. The van der Waals surface area contributed by atoms with Crippen LogP contribution in [0, 0.1) is 6.92 Å². The maximum Gasteiger partial charge on any atom is 0.339 e. The molecule has 0 aromatic carbocycles. The molecule has 0 fully saturated rings. The van der Waals surface area contributed by atoms with Crippen molar-refractivity contribution in [1.29, 1.82) is 0 Å². The number of rotatable bonds is 4. The second-order valence-electron chi connectivity index (χ2n) is 3.43. The number of aromatic nitrogens is 2. The Morgan fingerprint density at radius 3 is 3.00 bits per heavy atom. The van der Waals surface area contributed by atoms with Crippen LogP contribution >= 0.6 is 11.3 Å². The normalized spacial score (nSPS) is 10.2. The number of nitrogens with one attached hydrogen (secondary N) is 1. The Bertz CT molecular complexity index is 526. The van der Waals surface area contributed by atoms with Crippen LogP contribution in [0.25, 0.3) is 0 Å². The molecule has 0 aliphatic rings. The molecule has 2 aromatic heterocycles. The number of carbonyl (C=O) groups is 1. The minimum Gasteiger partial charge on any atom is -0.478 e. The monoisotopic (exact) mass is 249 g/mol. The summed E-state index contributed by atoms with van der Waals surface area (Å²) in [6, 6.07) is 3.23. The van der Waals surface area contributed by atoms with Gasteiger partial charge in [0.1, 0.15) is 16.4 Å². The Labute approximate surface area is 102 Å². The summed E-state index contributed by atoms with van der Waals surface area (Å²) in [7, 11) is 0. The first kappa shape index (κ1) is 11.5. The van der Waals surface area contributed by atoms with Crippen LogP contribution in [0.4, 0.5) is 5.82 Å². The van der Waals surface area contributed by atoms with Gasteiger partial charge in [0.2, 0.25) is 0 Å². The van der Waals surface area contributed by atoms with Gasteiger partial charge in [-0.15, -0.1) is 11.3 Å². The molecule has 0 spiro atoms. The van der Waals surface area contributed by atoms with Crippen molar-refractivity contribution in [3.63, 3.8) is 0 Å². The highest BCUT2D eigenvalue weighted by atomic mass is 32.1. The van der Waals surface area contributed by atoms with Crippen molar-refractivity contribution < 1.29 is 9.90 Å². The summed E-state index contributed by atoms with van der Waals surface area (Å²) in [5, 5.41) is 14.8. The van der Waals surface area contributed by atoms with Crippen LogP contribution in [-0.4, -0.2) is 21.0 Å². The van der Waals surface area contributed by atoms with Crippen LogP contribution in [0.5, 0.6) is 0 Å². The zero-order valence-electron chi connectivity index (χ0n) is 9.17. The fourth-order valence-corrected chi connectivity index (χ4v) is 1.92. The van der Waals surface area contributed by atoms with Crippen molar-refractivity contribution >= 4 is 23.1 Å². The highest BCUT2D eigenvalue weighted by Gasteiger charge is 2.11. The number of anilines is 1. The maximum atomic E-state index is 11.0. The van der Waals surface area contributed by atoms with Crippen molar-refractivity contribution in [2.24, 2.45) is 0 Å². The van der Waals surface area contributed by atoms with Crippen molar-refractivity contribution in [2.45, 2.75) is 13.5 Å². The molecular formula is C11H11N3O2S. The molecule has 5 nitrogen and oxygen atoms in total. The van der Waals surface area contributed by atoms with E-state index < -0.39 is 5.97 Å². The highest BCUT2D eigenvalue weighted by Crippen LogP contribution is 2.15. The molecule has 0 bridgehead atoms. The average Bonchev–Trinajstić information content (AvgIpc) is 2.78. The molecule has 2 aromatic rings. The van der Waals surface area contributed by atoms with Gasteiger partial charge in [-0.25, -0.2) is 14.8 Å². The van der Waals surface area contributed by atoms with Gasteiger partial charge in [0.05, 0.1) is 6.54 Å². The lowest BCUT2D eigenvalue weighted by Gasteiger charge is -2.07. The molecular weight excluding hydrogens is 238 g/mol. The van der Waals surface area contributed by atoms with Gasteiger partial charge in [0.25, 0.3) is 0 Å². The van der Waals surface area contributed by atoms with Gasteiger partial charge < -0.3 is 10.4 Å². The summed E-state index contributed by atoms with van der Waals surface area (Å²) >= 11 is 1.51. The second kappa shape index (κ2) is 4.92. The molecule has 0 atom stereocenters. The first-order valence-electron chi connectivity index (χ1n) is 5.00. The van der Waals surface area contributed by atoms with Crippen LogP contribution in [-0.2, 0) is 6.54 Å². The minimum absolute atomic E-state index is 0.173. The van der Waals surface area contributed by atoms with E-state index in [-0.39, 0.29) is 5.56 Å². The molecule has 0 saturated carbocycles. The Hall–Kier alpha value is -1.95. The standard InChI is InChI=1S/C11H11N3O2S/c1-7-2-3-8(11(15)16)10(14-7)13-6-9-12-4-5-17-9/h2-5H,6H2,1H3,(H,13,14)(H,15,16). The molecule has 2 rings (SSSR count). The number of nitrogens with zero attached hydrogens (tertiary/aromatic N) is 2. The Morgan fingerprint density at radius 2 is 2.35 bits per heavy atom. The van der Waals surface area contributed by atoms with Crippen molar-refractivity contribution in [3.05, 3.63) is 40.0 Å². The van der Waals surface area contributed by atoms with E-state index in [0.29, 0.717) is 12.4 Å². The van der Waals surface area contributed by atoms with E-state index in [4.69, 9.17) is 5.11 Å². The molecule has 6 heteroatoms. The summed E-state index contributed by atoms with van der Waals surface area (Å²) in [6.45, 7) is 2.30. The summed E-state index contributed by atoms with van der Waals surface area (Å²) in [6.07, 6.45) is 1.71. The number of carboxylic acid groups (broad SMARTS) is 1. The van der Waals surface area contributed by atoms with E-state index in [1.54, 1.807) is 18.3 Å². The summed E-state index contributed by atoms with van der Waals surface area (Å²) in [5.74, 6) is -0.605. The second-order valence-corrected chi connectivity index (χ2v) is 4.41. The topological polar surface area (TPSA) is 75.1 Å². The molecule has 0 radical (unpaired) electrons. The lowest BCUT2D eigenvalue weighted by Crippen LogP contribution is -2.08. The van der Waals surface area contributed by atoms with E-state index in [2.05, 4.69) is 15.3 Å². The zero-order valence-corrected chi connectivity index (χ0v) is 9.99. The lowest BCUT2D eigenvalue weighted by molar-refractivity contribution is 0.0697. The summed E-state index contributed by atoms with van der Waals surface area (Å²) in [4.78, 5) is 19.3. The van der Waals surface area contributed by atoms with Crippen LogP contribution in [0.2, 0.25) is 0 Å². The molecule has 0 aliphatic carbocycles. The van der Waals surface area contributed by atoms with Crippen LogP contribution in [0.3, 0.4) is 0 Å². The maximum absolute atomic E-state index is 11.0. The van der Waals surface area contributed by atoms with E-state index in [1.807, 2.05) is 12.3 Å². The van der Waals surface area contributed by atoms with Gasteiger partial charge in [0.15, 0.2) is 0 Å². The van der Waals surface area contributed by atoms with Crippen LogP contribution < -0.4 is 5.32 Å². The van der Waals surface area contributed by atoms with Gasteiger partial charge >= 0.3 is 5.97 Å². The summed E-state index contributed by atoms with van der Waals surface area (Å²) in [5.41, 5.74) is 0.948. The Kier molecular flexibility index (Phi) is 3.34. The predicted molar refractivity (Wildman–Crippen MR) is 65.4 cm³/mol. The molecule has 0 unspecified atom stereocenters. The van der Waals surface area contributed by atoms with Gasteiger partial charge in [0, 0.05) is 17.3 Å². The molecule has 2 N–H and O–H groups in total. The quantitative estimate of drug-likeness (QED) is 0.868. The first-order valence-corrected chi connectivity index (χ1v) is 5.88. The molecule has 17 heavy (non-hydrogen) atoms. The Balaban J connectivity index is 2.19. The first-order chi connectivity index (χ1) is 8.16. The molecule has 0 amide bonds. The third-order valence-corrected chi connectivity index (χ3v) is 2.94. The predicted octanol–water partition coefficient (Wildman–Crippen LogP) is 2.16. The van der Waals surface area contributed by atoms with Crippen molar-refractivity contribution in [3.8, 4) is 0 Å². The number of aryl methyl sites for hydroxylation is 1. The molecule has 88 valence electrons. The fourth-order valence-electron chi connectivity index (χ4n) is 1.36. The SMILES string of the molecule is Cc1ccc(C(=O)O)c(NCc2nccs2)n1. The molecule has 2 heterocycles.